The summed E-state index contributed by atoms with van der Waals surface area (Å²) in [5.41, 5.74) is 4.01. The fourth-order valence-corrected chi connectivity index (χ4v) is 3.53. The van der Waals surface area contributed by atoms with Gasteiger partial charge in [0.1, 0.15) is 0 Å². The second kappa shape index (κ2) is 7.62. The van der Waals surface area contributed by atoms with Gasteiger partial charge in [0.2, 0.25) is 5.91 Å². The molecule has 3 heterocycles. The van der Waals surface area contributed by atoms with Gasteiger partial charge >= 0.3 is 0 Å². The van der Waals surface area contributed by atoms with Gasteiger partial charge in [-0.05, 0) is 6.92 Å². The molecule has 122 valence electrons. The zero-order chi connectivity index (χ0) is 16.1. The normalized spacial score (nSPS) is 15.3. The number of hydrazone groups is 1. The number of aromatic nitrogens is 2. The molecule has 1 aliphatic rings. The highest BCUT2D eigenvalue weighted by Gasteiger charge is 2.15. The quantitative estimate of drug-likeness (QED) is 0.651. The average molecular weight is 351 g/mol. The zero-order valence-corrected chi connectivity index (χ0v) is 14.3. The second-order valence-corrected chi connectivity index (χ2v) is 6.88. The number of carbonyl (C=O) groups is 1. The molecule has 0 bridgehead atoms. The van der Waals surface area contributed by atoms with Crippen LogP contribution in [0.2, 0.25) is 0 Å². The van der Waals surface area contributed by atoms with Gasteiger partial charge in [-0.25, -0.2) is 15.4 Å². The van der Waals surface area contributed by atoms with E-state index in [1.54, 1.807) is 28.9 Å². The fourth-order valence-electron chi connectivity index (χ4n) is 2.09. The van der Waals surface area contributed by atoms with E-state index in [4.69, 9.17) is 4.74 Å². The van der Waals surface area contributed by atoms with Crippen molar-refractivity contribution in [2.24, 2.45) is 5.10 Å². The van der Waals surface area contributed by atoms with E-state index in [1.165, 1.54) is 0 Å². The van der Waals surface area contributed by atoms with E-state index in [0.29, 0.717) is 0 Å². The maximum absolute atomic E-state index is 11.9. The van der Waals surface area contributed by atoms with E-state index in [0.717, 1.165) is 47.8 Å². The second-order valence-electron chi connectivity index (χ2n) is 4.98. The molecule has 1 fully saturated rings. The Kier molecular flexibility index (Phi) is 5.31. The van der Waals surface area contributed by atoms with Crippen molar-refractivity contribution in [2.45, 2.75) is 13.3 Å². The molecular weight excluding hydrogens is 334 g/mol. The van der Waals surface area contributed by atoms with E-state index >= 15 is 0 Å². The number of aryl methyl sites for hydroxylation is 1. The molecule has 2 aromatic rings. The topological polar surface area (TPSA) is 79.7 Å². The number of hydrogen-bond acceptors (Lipinski definition) is 8. The number of nitrogens with one attached hydrogen (secondary N) is 1. The van der Waals surface area contributed by atoms with E-state index in [1.807, 2.05) is 17.7 Å². The molecule has 23 heavy (non-hydrogen) atoms. The first kappa shape index (κ1) is 16.0. The third-order valence-electron chi connectivity index (χ3n) is 3.19. The van der Waals surface area contributed by atoms with Crippen LogP contribution in [0.3, 0.4) is 0 Å². The number of hydrogen-bond donors (Lipinski definition) is 1. The number of rotatable bonds is 5. The lowest BCUT2D eigenvalue weighted by atomic mass is 10.3. The van der Waals surface area contributed by atoms with Crippen LogP contribution in [0.5, 0.6) is 0 Å². The van der Waals surface area contributed by atoms with Crippen LogP contribution in [0.1, 0.15) is 16.4 Å². The minimum atomic E-state index is -0.188. The lowest BCUT2D eigenvalue weighted by Crippen LogP contribution is -2.36. The number of thiazole rings is 2. The van der Waals surface area contributed by atoms with Gasteiger partial charge in [-0.15, -0.1) is 22.7 Å². The largest absolute Gasteiger partial charge is 0.378 e. The number of nitrogens with zero attached hydrogens (tertiary/aromatic N) is 4. The molecule has 0 unspecified atom stereocenters. The van der Waals surface area contributed by atoms with Crippen molar-refractivity contribution >= 4 is 39.9 Å². The third-order valence-corrected chi connectivity index (χ3v) is 4.93. The average Bonchev–Trinajstić information content (AvgIpc) is 3.17. The number of amides is 1. The van der Waals surface area contributed by atoms with Crippen LogP contribution in [0.15, 0.2) is 15.9 Å². The molecule has 0 aliphatic carbocycles. The predicted octanol–water partition coefficient (Wildman–Crippen LogP) is 1.44. The van der Waals surface area contributed by atoms with Gasteiger partial charge in [-0.1, -0.05) is 0 Å². The summed E-state index contributed by atoms with van der Waals surface area (Å²) in [6.07, 6.45) is 1.76. The Morgan fingerprint density at radius 3 is 2.96 bits per heavy atom. The van der Waals surface area contributed by atoms with Gasteiger partial charge in [0, 0.05) is 23.8 Å². The van der Waals surface area contributed by atoms with Gasteiger partial charge < -0.3 is 9.64 Å². The van der Waals surface area contributed by atoms with Gasteiger partial charge in [0.25, 0.3) is 0 Å². The molecule has 1 saturated heterocycles. The summed E-state index contributed by atoms with van der Waals surface area (Å²) in [6.45, 7) is 5.06. The molecule has 7 nitrogen and oxygen atoms in total. The van der Waals surface area contributed by atoms with Gasteiger partial charge in [-0.3, -0.25) is 4.79 Å². The molecule has 1 aliphatic heterocycles. The number of carbonyl (C=O) groups excluding carboxylic acids is 1. The van der Waals surface area contributed by atoms with Crippen molar-refractivity contribution in [1.82, 2.24) is 15.4 Å². The summed E-state index contributed by atoms with van der Waals surface area (Å²) in [6, 6.07) is 0. The molecule has 0 radical (unpaired) electrons. The highest BCUT2D eigenvalue weighted by molar-refractivity contribution is 7.13. The summed E-state index contributed by atoms with van der Waals surface area (Å²) < 4.78 is 5.33. The van der Waals surface area contributed by atoms with Crippen LogP contribution in [0.4, 0.5) is 5.13 Å². The van der Waals surface area contributed by atoms with Gasteiger partial charge in [-0.2, -0.15) is 5.10 Å². The molecule has 0 saturated carbocycles. The van der Waals surface area contributed by atoms with Gasteiger partial charge in [0.15, 0.2) is 5.13 Å². The maximum atomic E-state index is 11.9. The van der Waals surface area contributed by atoms with Crippen molar-refractivity contribution in [2.75, 3.05) is 31.2 Å². The van der Waals surface area contributed by atoms with Crippen molar-refractivity contribution in [3.63, 3.8) is 0 Å². The van der Waals surface area contributed by atoms with E-state index in [-0.39, 0.29) is 12.3 Å². The Hall–Kier alpha value is -1.84. The monoisotopic (exact) mass is 351 g/mol. The number of morpholine rings is 1. The summed E-state index contributed by atoms with van der Waals surface area (Å²) in [5.74, 6) is -0.188. The fraction of sp³-hybridized carbons (Fsp3) is 0.429. The van der Waals surface area contributed by atoms with Gasteiger partial charge in [0.05, 0.1) is 42.2 Å². The first-order chi connectivity index (χ1) is 11.2. The zero-order valence-electron chi connectivity index (χ0n) is 12.7. The molecule has 9 heteroatoms. The lowest BCUT2D eigenvalue weighted by Gasteiger charge is -2.26. The summed E-state index contributed by atoms with van der Waals surface area (Å²) in [5, 5.41) is 9.63. The highest BCUT2D eigenvalue weighted by Crippen LogP contribution is 2.21. The van der Waals surface area contributed by atoms with Crippen molar-refractivity contribution in [3.05, 3.63) is 27.2 Å². The van der Waals surface area contributed by atoms with Crippen LogP contribution in [-0.4, -0.2) is 48.4 Å². The van der Waals surface area contributed by atoms with E-state index in [9.17, 15) is 4.79 Å². The standard InChI is InChI=1S/C14H17N5O2S2/c1-10-16-12(9-22-10)7-15-18-13(20)6-11-8-23-14(17-11)19-2-4-21-5-3-19/h7-9H,2-6H2,1H3,(H,18,20)/b15-7-. The van der Waals surface area contributed by atoms with Crippen LogP contribution in [0, 0.1) is 6.92 Å². The third kappa shape index (κ3) is 4.57. The van der Waals surface area contributed by atoms with Crippen molar-refractivity contribution in [1.29, 1.82) is 0 Å². The smallest absolute Gasteiger partial charge is 0.246 e. The summed E-state index contributed by atoms with van der Waals surface area (Å²) >= 11 is 3.10. The van der Waals surface area contributed by atoms with Crippen LogP contribution >= 0.6 is 22.7 Å². The van der Waals surface area contributed by atoms with E-state index in [2.05, 4.69) is 25.4 Å². The Morgan fingerprint density at radius 1 is 1.39 bits per heavy atom. The van der Waals surface area contributed by atoms with Crippen LogP contribution in [-0.2, 0) is 16.0 Å². The SMILES string of the molecule is Cc1nc(/C=N\NC(=O)Cc2csc(N3CCOCC3)n2)cs1. The highest BCUT2D eigenvalue weighted by atomic mass is 32.1. The molecule has 0 atom stereocenters. The summed E-state index contributed by atoms with van der Waals surface area (Å²) in [7, 11) is 0. The van der Waals surface area contributed by atoms with Crippen molar-refractivity contribution in [3.8, 4) is 0 Å². The first-order valence-corrected chi connectivity index (χ1v) is 8.98. The lowest BCUT2D eigenvalue weighted by molar-refractivity contribution is -0.120. The molecule has 2 aromatic heterocycles. The molecular formula is C14H17N5O2S2. The molecule has 1 N–H and O–H groups in total. The minimum absolute atomic E-state index is 0.188. The molecule has 0 spiro atoms. The number of anilines is 1. The molecule has 1 amide bonds. The Morgan fingerprint density at radius 2 is 2.22 bits per heavy atom. The molecule has 0 aromatic carbocycles. The number of ether oxygens (including phenoxy) is 1. The minimum Gasteiger partial charge on any atom is -0.378 e. The first-order valence-electron chi connectivity index (χ1n) is 7.22. The summed E-state index contributed by atoms with van der Waals surface area (Å²) in [4.78, 5) is 22.8. The Balaban J connectivity index is 1.49. The Bertz CT molecular complexity index is 691. The van der Waals surface area contributed by atoms with Crippen molar-refractivity contribution < 1.29 is 9.53 Å². The maximum Gasteiger partial charge on any atom is 0.246 e. The van der Waals surface area contributed by atoms with Crippen LogP contribution in [0.25, 0.3) is 0 Å². The molecule has 3 rings (SSSR count). The Labute approximate surface area is 142 Å². The van der Waals surface area contributed by atoms with Crippen LogP contribution < -0.4 is 10.3 Å². The predicted molar refractivity (Wildman–Crippen MR) is 91.4 cm³/mol. The van der Waals surface area contributed by atoms with E-state index < -0.39 is 0 Å².